The standard InChI is InChI=1S/C20H21FN6O2S/c1-12-8-18(23-10-14(12)21)25-19-9-16(13(11-28)20(26-19)27-22-2)24-15-6-4-5-7-17(15)30(3)29/h4-11,22H,1-3H3,(H3,23,24,25,26,27). The fourth-order valence-corrected chi connectivity index (χ4v) is 3.46. The Morgan fingerprint density at radius 3 is 2.57 bits per heavy atom. The van der Waals surface area contributed by atoms with E-state index in [9.17, 15) is 13.7 Å². The molecule has 0 fully saturated rings. The number of hydrogen-bond acceptors (Lipinski definition) is 8. The molecule has 2 aromatic heterocycles. The predicted molar refractivity (Wildman–Crippen MR) is 117 cm³/mol. The summed E-state index contributed by atoms with van der Waals surface area (Å²) in [6.07, 6.45) is 3.37. The van der Waals surface area contributed by atoms with Crippen molar-refractivity contribution in [1.29, 1.82) is 0 Å². The van der Waals surface area contributed by atoms with Gasteiger partial charge in [-0.1, -0.05) is 12.1 Å². The number of rotatable bonds is 8. The highest BCUT2D eigenvalue weighted by Crippen LogP contribution is 2.31. The first-order chi connectivity index (χ1) is 14.4. The lowest BCUT2D eigenvalue weighted by Crippen LogP contribution is -2.19. The summed E-state index contributed by atoms with van der Waals surface area (Å²) in [7, 11) is 1.64. The number of hydrogen-bond donors (Lipinski definition) is 4. The van der Waals surface area contributed by atoms with Crippen LogP contribution in [0.1, 0.15) is 15.9 Å². The van der Waals surface area contributed by atoms with Gasteiger partial charge in [-0.15, -0.1) is 0 Å². The fourth-order valence-electron chi connectivity index (χ4n) is 2.76. The van der Waals surface area contributed by atoms with Crippen LogP contribution in [0.2, 0.25) is 0 Å². The summed E-state index contributed by atoms with van der Waals surface area (Å²) in [5, 5.41) is 6.18. The maximum atomic E-state index is 13.5. The molecule has 1 atom stereocenters. The van der Waals surface area contributed by atoms with E-state index in [0.717, 1.165) is 6.20 Å². The molecule has 10 heteroatoms. The fraction of sp³-hybridized carbons (Fsp3) is 0.150. The van der Waals surface area contributed by atoms with Gasteiger partial charge in [-0.05, 0) is 41.9 Å². The number of hydrazine groups is 1. The molecule has 0 saturated heterocycles. The first kappa shape index (κ1) is 21.5. The van der Waals surface area contributed by atoms with Crippen molar-refractivity contribution >= 4 is 46.3 Å². The molecule has 0 saturated carbocycles. The molecule has 4 N–H and O–H groups in total. The number of nitrogens with one attached hydrogen (secondary N) is 4. The zero-order valence-electron chi connectivity index (χ0n) is 16.6. The number of para-hydroxylation sites is 1. The summed E-state index contributed by atoms with van der Waals surface area (Å²) in [5.74, 6) is 0.633. The highest BCUT2D eigenvalue weighted by atomic mass is 32.2. The second kappa shape index (κ2) is 9.53. The number of aldehydes is 1. The molecule has 1 aromatic carbocycles. The van der Waals surface area contributed by atoms with Crippen LogP contribution in [0.25, 0.3) is 0 Å². The van der Waals surface area contributed by atoms with Gasteiger partial charge < -0.3 is 20.6 Å². The number of carbonyl (C=O) groups excluding carboxylic acids is 1. The van der Waals surface area contributed by atoms with E-state index in [0.29, 0.717) is 39.8 Å². The number of anilines is 5. The number of aryl methyl sites for hydroxylation is 1. The van der Waals surface area contributed by atoms with Gasteiger partial charge in [-0.25, -0.2) is 19.8 Å². The van der Waals surface area contributed by atoms with Gasteiger partial charge in [0.1, 0.15) is 23.7 Å². The Kier molecular flexibility index (Phi) is 6.83. The van der Waals surface area contributed by atoms with Gasteiger partial charge in [0.2, 0.25) is 0 Å². The van der Waals surface area contributed by atoms with Gasteiger partial charge in [-0.3, -0.25) is 4.79 Å². The SMILES string of the molecule is CNNc1nc(Nc2cc(C)c(F)cn2)cc(Nc2ccccc2[S+](C)[O-])c1C=O. The zero-order valence-corrected chi connectivity index (χ0v) is 17.4. The van der Waals surface area contributed by atoms with Crippen LogP contribution in [0.3, 0.4) is 0 Å². The van der Waals surface area contributed by atoms with Crippen molar-refractivity contribution in [3.63, 3.8) is 0 Å². The van der Waals surface area contributed by atoms with Crippen molar-refractivity contribution in [1.82, 2.24) is 15.4 Å². The molecule has 0 amide bonds. The number of aromatic nitrogens is 2. The minimum atomic E-state index is -1.23. The third-order valence-electron chi connectivity index (χ3n) is 4.19. The Bertz CT molecular complexity index is 1060. The molecule has 0 aliphatic rings. The van der Waals surface area contributed by atoms with E-state index in [1.807, 2.05) is 0 Å². The lowest BCUT2D eigenvalue weighted by molar-refractivity contribution is 0.112. The maximum absolute atomic E-state index is 13.5. The zero-order chi connectivity index (χ0) is 21.7. The Labute approximate surface area is 176 Å². The Morgan fingerprint density at radius 1 is 1.13 bits per heavy atom. The van der Waals surface area contributed by atoms with Crippen LogP contribution in [0, 0.1) is 12.7 Å². The maximum Gasteiger partial charge on any atom is 0.175 e. The average Bonchev–Trinajstić information content (AvgIpc) is 2.71. The molecule has 0 spiro atoms. The first-order valence-electron chi connectivity index (χ1n) is 8.94. The van der Waals surface area contributed by atoms with E-state index in [1.54, 1.807) is 56.6 Å². The lowest BCUT2D eigenvalue weighted by Gasteiger charge is -2.17. The van der Waals surface area contributed by atoms with Gasteiger partial charge in [0.25, 0.3) is 0 Å². The van der Waals surface area contributed by atoms with Crippen LogP contribution in [0.4, 0.5) is 33.2 Å². The molecule has 0 radical (unpaired) electrons. The molecule has 2 heterocycles. The van der Waals surface area contributed by atoms with Crippen LogP contribution in [-0.4, -0.2) is 34.1 Å². The first-order valence-corrected chi connectivity index (χ1v) is 10.5. The molecule has 1 unspecified atom stereocenters. The van der Waals surface area contributed by atoms with Crippen LogP contribution >= 0.6 is 0 Å². The van der Waals surface area contributed by atoms with Crippen molar-refractivity contribution in [2.24, 2.45) is 0 Å². The number of benzene rings is 1. The smallest absolute Gasteiger partial charge is 0.175 e. The summed E-state index contributed by atoms with van der Waals surface area (Å²) >= 11 is -1.23. The van der Waals surface area contributed by atoms with E-state index in [4.69, 9.17) is 0 Å². The van der Waals surface area contributed by atoms with E-state index in [1.165, 1.54) is 0 Å². The minimum absolute atomic E-state index is 0.272. The normalized spacial score (nSPS) is 11.6. The molecular formula is C20H21FN6O2S. The van der Waals surface area contributed by atoms with Crippen molar-refractivity contribution in [3.8, 4) is 0 Å². The van der Waals surface area contributed by atoms with Gasteiger partial charge >= 0.3 is 0 Å². The van der Waals surface area contributed by atoms with Crippen molar-refractivity contribution < 1.29 is 13.7 Å². The van der Waals surface area contributed by atoms with Gasteiger partial charge in [0, 0.05) is 13.1 Å². The summed E-state index contributed by atoms with van der Waals surface area (Å²) in [6.45, 7) is 1.63. The second-order valence-corrected chi connectivity index (χ2v) is 7.68. The molecule has 156 valence electrons. The number of nitrogens with zero attached hydrogens (tertiary/aromatic N) is 2. The van der Waals surface area contributed by atoms with Crippen molar-refractivity contribution in [2.75, 3.05) is 29.4 Å². The van der Waals surface area contributed by atoms with E-state index >= 15 is 0 Å². The third kappa shape index (κ3) is 4.85. The number of carbonyl (C=O) groups is 1. The van der Waals surface area contributed by atoms with Gasteiger partial charge in [0.05, 0.1) is 23.1 Å². The molecule has 0 bridgehead atoms. The summed E-state index contributed by atoms with van der Waals surface area (Å²) < 4.78 is 25.6. The molecular weight excluding hydrogens is 407 g/mol. The predicted octanol–water partition coefficient (Wildman–Crippen LogP) is 3.51. The number of halogens is 1. The largest absolute Gasteiger partial charge is 0.612 e. The van der Waals surface area contributed by atoms with Crippen LogP contribution < -0.4 is 21.5 Å². The molecule has 8 nitrogen and oxygen atoms in total. The van der Waals surface area contributed by atoms with E-state index in [2.05, 4.69) is 31.5 Å². The highest BCUT2D eigenvalue weighted by molar-refractivity contribution is 7.90. The third-order valence-corrected chi connectivity index (χ3v) is 5.16. The van der Waals surface area contributed by atoms with E-state index in [-0.39, 0.29) is 11.4 Å². The monoisotopic (exact) mass is 428 g/mol. The minimum Gasteiger partial charge on any atom is -0.612 e. The summed E-state index contributed by atoms with van der Waals surface area (Å²) in [5.41, 5.74) is 7.32. The Morgan fingerprint density at radius 2 is 1.90 bits per heavy atom. The van der Waals surface area contributed by atoms with Crippen molar-refractivity contribution in [2.45, 2.75) is 11.8 Å². The van der Waals surface area contributed by atoms with E-state index < -0.39 is 17.0 Å². The van der Waals surface area contributed by atoms with Crippen molar-refractivity contribution in [3.05, 3.63) is 59.5 Å². The molecule has 30 heavy (non-hydrogen) atoms. The lowest BCUT2D eigenvalue weighted by atomic mass is 10.2. The number of pyridine rings is 2. The van der Waals surface area contributed by atoms with Crippen LogP contribution in [-0.2, 0) is 11.2 Å². The van der Waals surface area contributed by atoms with Gasteiger partial charge in [0.15, 0.2) is 17.0 Å². The molecule has 0 aliphatic heterocycles. The molecule has 3 rings (SSSR count). The average molecular weight is 428 g/mol. The molecule has 3 aromatic rings. The topological polar surface area (TPSA) is 114 Å². The van der Waals surface area contributed by atoms with Gasteiger partial charge in [-0.2, -0.15) is 0 Å². The summed E-state index contributed by atoms with van der Waals surface area (Å²) in [6, 6.07) is 10.3. The van der Waals surface area contributed by atoms with Crippen LogP contribution in [0.5, 0.6) is 0 Å². The van der Waals surface area contributed by atoms with Crippen LogP contribution in [0.15, 0.2) is 47.5 Å². The quantitative estimate of drug-likeness (QED) is 0.245. The Hall–Kier alpha value is -3.21. The molecule has 0 aliphatic carbocycles. The second-order valence-electron chi connectivity index (χ2n) is 6.33. The highest BCUT2D eigenvalue weighted by Gasteiger charge is 2.17. The summed E-state index contributed by atoms with van der Waals surface area (Å²) in [4.78, 5) is 20.8. The Balaban J connectivity index is 2.04.